The summed E-state index contributed by atoms with van der Waals surface area (Å²) in [6.45, 7) is 0.402. The summed E-state index contributed by atoms with van der Waals surface area (Å²) in [5.41, 5.74) is 3.43. The van der Waals surface area contributed by atoms with Gasteiger partial charge in [0.05, 0.1) is 19.8 Å². The molecular formula is C34H32ClNO5. The fourth-order valence-electron chi connectivity index (χ4n) is 5.62. The first-order valence-electron chi connectivity index (χ1n) is 13.7. The van der Waals surface area contributed by atoms with Gasteiger partial charge in [-0.2, -0.15) is 0 Å². The van der Waals surface area contributed by atoms with Gasteiger partial charge in [0.1, 0.15) is 17.5 Å². The maximum Gasteiger partial charge on any atom is 0.326 e. The zero-order chi connectivity index (χ0) is 28.8. The Morgan fingerprint density at radius 1 is 0.878 bits per heavy atom. The van der Waals surface area contributed by atoms with E-state index in [0.717, 1.165) is 12.0 Å². The molecule has 5 rings (SSSR count). The summed E-state index contributed by atoms with van der Waals surface area (Å²) in [6, 6.07) is 31.4. The average Bonchev–Trinajstić information content (AvgIpc) is 3.45. The highest BCUT2D eigenvalue weighted by atomic mass is 35.5. The number of carbonyl (C=O) groups excluding carboxylic acids is 1. The van der Waals surface area contributed by atoms with Crippen LogP contribution in [0, 0.1) is 0 Å². The van der Waals surface area contributed by atoms with Crippen molar-refractivity contribution in [3.05, 3.63) is 130 Å². The number of likely N-dealkylation sites (tertiary alicyclic amines) is 1. The highest BCUT2D eigenvalue weighted by Crippen LogP contribution is 2.41. The predicted octanol–water partition coefficient (Wildman–Crippen LogP) is 7.38. The second-order valence-corrected chi connectivity index (χ2v) is 10.5. The summed E-state index contributed by atoms with van der Waals surface area (Å²) in [5, 5.41) is 10.5. The van der Waals surface area contributed by atoms with Gasteiger partial charge in [-0.3, -0.25) is 4.79 Å². The molecule has 1 aliphatic rings. The van der Waals surface area contributed by atoms with E-state index in [1.807, 2.05) is 54.6 Å². The highest BCUT2D eigenvalue weighted by Gasteiger charge is 2.42. The van der Waals surface area contributed by atoms with Gasteiger partial charge in [-0.05, 0) is 54.2 Å². The molecule has 0 radical (unpaired) electrons. The standard InChI is InChI=1S/C34H32ClNO5/c1-40-26-20-25(33(37)36-31(16-17-32(36)34(38)39)29-14-8-9-15-30(29)35)21-27(22-26)41-19-18-28(23-10-4-2-5-11-23)24-12-6-3-7-13-24/h2-15,20-22,28,31-32H,16-19H2,1H3,(H,38,39)/t31-,32+/m1/s1. The maximum atomic E-state index is 13.9. The van der Waals surface area contributed by atoms with Gasteiger partial charge in [-0.25, -0.2) is 4.79 Å². The molecule has 0 saturated carbocycles. The third-order valence-corrected chi connectivity index (χ3v) is 7.95. The molecule has 6 nitrogen and oxygen atoms in total. The lowest BCUT2D eigenvalue weighted by Crippen LogP contribution is -2.41. The molecule has 4 aromatic rings. The first-order valence-corrected chi connectivity index (χ1v) is 14.1. The lowest BCUT2D eigenvalue weighted by molar-refractivity contribution is -0.141. The normalized spacial score (nSPS) is 16.5. The number of hydrogen-bond acceptors (Lipinski definition) is 4. The van der Waals surface area contributed by atoms with Gasteiger partial charge >= 0.3 is 5.97 Å². The number of hydrogen-bond donors (Lipinski definition) is 1. The van der Waals surface area contributed by atoms with Crippen LogP contribution in [0.25, 0.3) is 0 Å². The Hall–Kier alpha value is -4.29. The number of carbonyl (C=O) groups is 2. The van der Waals surface area contributed by atoms with Crippen molar-refractivity contribution >= 4 is 23.5 Å². The van der Waals surface area contributed by atoms with Crippen LogP contribution in [0.4, 0.5) is 0 Å². The minimum atomic E-state index is -1.04. The number of ether oxygens (including phenoxy) is 2. The molecular weight excluding hydrogens is 538 g/mol. The number of carboxylic acids is 1. The van der Waals surface area contributed by atoms with E-state index in [4.69, 9.17) is 21.1 Å². The Balaban J connectivity index is 1.39. The van der Waals surface area contributed by atoms with Crippen LogP contribution in [-0.4, -0.2) is 41.6 Å². The molecule has 1 fully saturated rings. The van der Waals surface area contributed by atoms with Gasteiger partial charge < -0.3 is 19.5 Å². The molecule has 1 saturated heterocycles. The van der Waals surface area contributed by atoms with Crippen LogP contribution in [0.5, 0.6) is 11.5 Å². The van der Waals surface area contributed by atoms with Gasteiger partial charge in [0.15, 0.2) is 0 Å². The van der Waals surface area contributed by atoms with Crippen molar-refractivity contribution in [2.75, 3.05) is 13.7 Å². The van der Waals surface area contributed by atoms with Crippen LogP contribution in [0.15, 0.2) is 103 Å². The molecule has 210 valence electrons. The number of benzene rings is 4. The minimum absolute atomic E-state index is 0.140. The second-order valence-electron chi connectivity index (χ2n) is 10.1. The Morgan fingerprint density at radius 3 is 2.10 bits per heavy atom. The fourth-order valence-corrected chi connectivity index (χ4v) is 5.89. The van der Waals surface area contributed by atoms with Crippen molar-refractivity contribution in [3.63, 3.8) is 0 Å². The molecule has 0 aromatic heterocycles. The fraction of sp³-hybridized carbons (Fsp3) is 0.235. The monoisotopic (exact) mass is 569 g/mol. The second kappa shape index (κ2) is 12.9. The summed E-state index contributed by atoms with van der Waals surface area (Å²) in [5.74, 6) is -0.376. The third kappa shape index (κ3) is 6.39. The van der Waals surface area contributed by atoms with Crippen molar-refractivity contribution in [2.24, 2.45) is 0 Å². The van der Waals surface area contributed by atoms with Crippen LogP contribution < -0.4 is 9.47 Å². The molecule has 4 aromatic carbocycles. The Labute approximate surface area is 245 Å². The number of aliphatic carboxylic acids is 1. The highest BCUT2D eigenvalue weighted by molar-refractivity contribution is 6.31. The zero-order valence-corrected chi connectivity index (χ0v) is 23.5. The van der Waals surface area contributed by atoms with Crippen LogP contribution in [-0.2, 0) is 4.79 Å². The number of methoxy groups -OCH3 is 1. The van der Waals surface area contributed by atoms with Gasteiger partial charge in [-0.15, -0.1) is 0 Å². The molecule has 2 atom stereocenters. The number of amides is 1. The van der Waals surface area contributed by atoms with Crippen molar-refractivity contribution in [2.45, 2.75) is 37.3 Å². The van der Waals surface area contributed by atoms with E-state index < -0.39 is 24.0 Å². The predicted molar refractivity (Wildman–Crippen MR) is 159 cm³/mol. The van der Waals surface area contributed by atoms with E-state index >= 15 is 0 Å². The average molecular weight is 570 g/mol. The number of carboxylic acid groups (broad SMARTS) is 1. The van der Waals surface area contributed by atoms with E-state index in [-0.39, 0.29) is 5.92 Å². The summed E-state index contributed by atoms with van der Waals surface area (Å²) in [7, 11) is 1.52. The van der Waals surface area contributed by atoms with E-state index in [0.29, 0.717) is 41.5 Å². The number of nitrogens with zero attached hydrogens (tertiary/aromatic N) is 1. The topological polar surface area (TPSA) is 76.1 Å². The third-order valence-electron chi connectivity index (χ3n) is 7.61. The Morgan fingerprint density at radius 2 is 1.49 bits per heavy atom. The molecule has 0 bridgehead atoms. The van der Waals surface area contributed by atoms with Crippen LogP contribution in [0.3, 0.4) is 0 Å². The lowest BCUT2D eigenvalue weighted by atomic mass is 9.89. The quantitative estimate of drug-likeness (QED) is 0.216. The summed E-state index contributed by atoms with van der Waals surface area (Å²) >= 11 is 6.47. The number of halogens is 1. The van der Waals surface area contributed by atoms with Gasteiger partial charge in [-0.1, -0.05) is 90.5 Å². The lowest BCUT2D eigenvalue weighted by Gasteiger charge is -2.29. The van der Waals surface area contributed by atoms with Gasteiger partial charge in [0.25, 0.3) is 5.91 Å². The summed E-state index contributed by atoms with van der Waals surface area (Å²) in [4.78, 5) is 27.5. The van der Waals surface area contributed by atoms with E-state index in [2.05, 4.69) is 24.3 Å². The summed E-state index contributed by atoms with van der Waals surface area (Å²) < 4.78 is 11.7. The van der Waals surface area contributed by atoms with Crippen molar-refractivity contribution in [1.82, 2.24) is 4.90 Å². The van der Waals surface area contributed by atoms with Gasteiger partial charge in [0, 0.05) is 22.6 Å². The van der Waals surface area contributed by atoms with Crippen LogP contribution in [0.2, 0.25) is 5.02 Å². The first kappa shape index (κ1) is 28.2. The van der Waals surface area contributed by atoms with E-state index in [1.54, 1.807) is 24.3 Å². The molecule has 1 amide bonds. The van der Waals surface area contributed by atoms with Gasteiger partial charge in [0.2, 0.25) is 0 Å². The Bertz CT molecular complexity index is 1450. The maximum absolute atomic E-state index is 13.9. The minimum Gasteiger partial charge on any atom is -0.497 e. The van der Waals surface area contributed by atoms with Crippen LogP contribution >= 0.6 is 11.6 Å². The Kier molecular flexibility index (Phi) is 8.90. The molecule has 1 N–H and O–H groups in total. The zero-order valence-electron chi connectivity index (χ0n) is 22.8. The molecule has 1 aliphatic heterocycles. The molecule has 0 spiro atoms. The van der Waals surface area contributed by atoms with E-state index in [1.165, 1.54) is 23.1 Å². The molecule has 41 heavy (non-hydrogen) atoms. The van der Waals surface area contributed by atoms with Crippen molar-refractivity contribution < 1.29 is 24.2 Å². The molecule has 1 heterocycles. The molecule has 0 aliphatic carbocycles. The first-order chi connectivity index (χ1) is 20.0. The van der Waals surface area contributed by atoms with Crippen LogP contribution in [0.1, 0.15) is 58.3 Å². The summed E-state index contributed by atoms with van der Waals surface area (Å²) in [6.07, 6.45) is 1.56. The van der Waals surface area contributed by atoms with E-state index in [9.17, 15) is 14.7 Å². The largest absolute Gasteiger partial charge is 0.497 e. The SMILES string of the molecule is COc1cc(OCCC(c2ccccc2)c2ccccc2)cc(C(=O)N2[C@@H](c3ccccc3Cl)CC[C@H]2C(=O)O)c1. The van der Waals surface area contributed by atoms with Crippen molar-refractivity contribution in [1.29, 1.82) is 0 Å². The van der Waals surface area contributed by atoms with Crippen molar-refractivity contribution in [3.8, 4) is 11.5 Å². The number of rotatable bonds is 10. The smallest absolute Gasteiger partial charge is 0.326 e. The molecule has 0 unspecified atom stereocenters. The molecule has 7 heteroatoms.